The lowest BCUT2D eigenvalue weighted by Gasteiger charge is -2.27. The molecule has 1 unspecified atom stereocenters. The number of halogens is 1. The summed E-state index contributed by atoms with van der Waals surface area (Å²) in [5, 5.41) is 0.0181. The molecule has 1 aliphatic rings. The van der Waals surface area contributed by atoms with E-state index in [1.807, 2.05) is 25.1 Å². The second-order valence-corrected chi connectivity index (χ2v) is 6.27. The highest BCUT2D eigenvalue weighted by molar-refractivity contribution is 6.20. The minimum atomic E-state index is -0.274. The Kier molecular flexibility index (Phi) is 3.88. The summed E-state index contributed by atoms with van der Waals surface area (Å²) in [4.78, 5) is 11.8. The van der Waals surface area contributed by atoms with Crippen LogP contribution in [0.3, 0.4) is 0 Å². The zero-order valence-corrected chi connectivity index (χ0v) is 12.5. The van der Waals surface area contributed by atoms with E-state index in [1.54, 1.807) is 4.57 Å². The first-order valence-electron chi connectivity index (χ1n) is 7.46. The molecule has 1 aromatic heterocycles. The molecule has 20 heavy (non-hydrogen) atoms. The maximum Gasteiger partial charge on any atom is 0.419 e. The summed E-state index contributed by atoms with van der Waals surface area (Å²) in [5.74, 6) is 0.494. The molecule has 0 bridgehead atoms. The average Bonchev–Trinajstić information content (AvgIpc) is 2.70. The lowest BCUT2D eigenvalue weighted by Crippen LogP contribution is -2.13. The first kappa shape index (κ1) is 13.7. The lowest BCUT2D eigenvalue weighted by atomic mass is 9.81. The third kappa shape index (κ3) is 2.51. The number of aromatic nitrogens is 1. The highest BCUT2D eigenvalue weighted by Crippen LogP contribution is 2.38. The molecule has 0 N–H and O–H groups in total. The van der Waals surface area contributed by atoms with Gasteiger partial charge in [0.1, 0.15) is 0 Å². The maximum atomic E-state index is 11.8. The summed E-state index contributed by atoms with van der Waals surface area (Å²) in [5.41, 5.74) is 2.58. The van der Waals surface area contributed by atoms with Gasteiger partial charge >= 0.3 is 5.76 Å². The molecular weight excluding hydrogens is 274 g/mol. The number of alkyl halides is 1. The van der Waals surface area contributed by atoms with Crippen LogP contribution in [0.25, 0.3) is 11.1 Å². The molecule has 1 aliphatic carbocycles. The van der Waals surface area contributed by atoms with Gasteiger partial charge in [-0.1, -0.05) is 32.3 Å². The molecule has 4 heteroatoms. The van der Waals surface area contributed by atoms with Gasteiger partial charge < -0.3 is 4.42 Å². The van der Waals surface area contributed by atoms with E-state index in [1.165, 1.54) is 19.3 Å². The molecule has 0 amide bonds. The van der Waals surface area contributed by atoms with Crippen LogP contribution in [0.15, 0.2) is 27.4 Å². The van der Waals surface area contributed by atoms with Gasteiger partial charge in [0.15, 0.2) is 5.58 Å². The van der Waals surface area contributed by atoms with Crippen molar-refractivity contribution in [2.45, 2.75) is 50.9 Å². The second kappa shape index (κ2) is 5.65. The number of fused-ring (bicyclic) bond motifs is 1. The third-order valence-electron chi connectivity index (χ3n) is 4.27. The number of hydrogen-bond donors (Lipinski definition) is 0. The third-order valence-corrected chi connectivity index (χ3v) is 4.70. The van der Waals surface area contributed by atoms with Crippen LogP contribution in [0.1, 0.15) is 50.0 Å². The summed E-state index contributed by atoms with van der Waals surface area (Å²) in [7, 11) is 0. The van der Waals surface area contributed by atoms with Gasteiger partial charge in [-0.25, -0.2) is 4.79 Å². The van der Waals surface area contributed by atoms with Gasteiger partial charge in [0, 0.05) is 6.54 Å². The average molecular weight is 294 g/mol. The minimum absolute atomic E-state index is 0.0181. The Bertz CT molecular complexity index is 654. The SMILES string of the molecule is CCCn1c(=O)oc2cc(C(Cl)CC3CCC3)ccc21. The Morgan fingerprint density at radius 1 is 1.45 bits per heavy atom. The lowest BCUT2D eigenvalue weighted by molar-refractivity contribution is 0.293. The fourth-order valence-corrected chi connectivity index (χ4v) is 3.26. The predicted octanol–water partition coefficient (Wildman–Crippen LogP) is 4.47. The summed E-state index contributed by atoms with van der Waals surface area (Å²) in [6, 6.07) is 5.92. The van der Waals surface area contributed by atoms with Gasteiger partial charge in [0.2, 0.25) is 0 Å². The molecule has 0 spiro atoms. The van der Waals surface area contributed by atoms with Gasteiger partial charge in [-0.05, 0) is 36.5 Å². The quantitative estimate of drug-likeness (QED) is 0.762. The van der Waals surface area contributed by atoms with E-state index in [9.17, 15) is 4.79 Å². The number of nitrogens with zero attached hydrogens (tertiary/aromatic N) is 1. The van der Waals surface area contributed by atoms with Crippen LogP contribution < -0.4 is 5.76 Å². The summed E-state index contributed by atoms with van der Waals surface area (Å²) in [6.45, 7) is 2.74. The molecule has 0 radical (unpaired) electrons. The Hall–Kier alpha value is -1.22. The monoisotopic (exact) mass is 293 g/mol. The van der Waals surface area contributed by atoms with E-state index < -0.39 is 0 Å². The largest absolute Gasteiger partial charge is 0.419 e. The summed E-state index contributed by atoms with van der Waals surface area (Å²) >= 11 is 6.50. The molecule has 1 saturated carbocycles. The van der Waals surface area contributed by atoms with Crippen molar-refractivity contribution >= 4 is 22.7 Å². The Balaban J connectivity index is 1.88. The van der Waals surface area contributed by atoms with E-state index in [2.05, 4.69) is 0 Å². The normalized spacial score (nSPS) is 17.3. The number of rotatable bonds is 5. The first-order chi connectivity index (χ1) is 9.69. The topological polar surface area (TPSA) is 35.1 Å². The van der Waals surface area contributed by atoms with Crippen LogP contribution in [-0.4, -0.2) is 4.57 Å². The fraction of sp³-hybridized carbons (Fsp3) is 0.562. The van der Waals surface area contributed by atoms with Crippen molar-refractivity contribution in [3.8, 4) is 0 Å². The van der Waals surface area contributed by atoms with E-state index in [0.717, 1.165) is 29.8 Å². The number of oxazole rings is 1. The molecule has 108 valence electrons. The van der Waals surface area contributed by atoms with Crippen molar-refractivity contribution in [2.24, 2.45) is 5.92 Å². The van der Waals surface area contributed by atoms with Crippen molar-refractivity contribution < 1.29 is 4.42 Å². The maximum absolute atomic E-state index is 11.8. The summed E-state index contributed by atoms with van der Waals surface area (Å²) in [6.07, 6.45) is 5.87. The van der Waals surface area contributed by atoms with Crippen molar-refractivity contribution in [1.82, 2.24) is 4.57 Å². The van der Waals surface area contributed by atoms with Gasteiger partial charge in [0.25, 0.3) is 0 Å². The highest BCUT2D eigenvalue weighted by atomic mass is 35.5. The molecule has 3 nitrogen and oxygen atoms in total. The van der Waals surface area contributed by atoms with Gasteiger partial charge in [0.05, 0.1) is 10.9 Å². The van der Waals surface area contributed by atoms with E-state index in [-0.39, 0.29) is 11.1 Å². The molecule has 0 saturated heterocycles. The number of benzene rings is 1. The van der Waals surface area contributed by atoms with Gasteiger partial charge in [-0.15, -0.1) is 11.6 Å². The highest BCUT2D eigenvalue weighted by Gasteiger charge is 2.22. The van der Waals surface area contributed by atoms with E-state index in [0.29, 0.717) is 12.1 Å². The van der Waals surface area contributed by atoms with E-state index in [4.69, 9.17) is 16.0 Å². The molecule has 0 aliphatic heterocycles. The molecule has 1 fully saturated rings. The zero-order chi connectivity index (χ0) is 14.1. The predicted molar refractivity (Wildman–Crippen MR) is 81.3 cm³/mol. The van der Waals surface area contributed by atoms with E-state index >= 15 is 0 Å². The van der Waals surface area contributed by atoms with Crippen LogP contribution in [0.5, 0.6) is 0 Å². The van der Waals surface area contributed by atoms with Gasteiger partial charge in [-0.3, -0.25) is 4.57 Å². The van der Waals surface area contributed by atoms with Crippen LogP contribution >= 0.6 is 11.6 Å². The van der Waals surface area contributed by atoms with Crippen molar-refractivity contribution in [3.63, 3.8) is 0 Å². The van der Waals surface area contributed by atoms with Crippen molar-refractivity contribution in [2.75, 3.05) is 0 Å². The molecule has 2 aromatic rings. The fourth-order valence-electron chi connectivity index (χ4n) is 2.87. The molecule has 3 rings (SSSR count). The molecule has 1 atom stereocenters. The molecule has 1 aromatic carbocycles. The Morgan fingerprint density at radius 3 is 2.90 bits per heavy atom. The summed E-state index contributed by atoms with van der Waals surface area (Å²) < 4.78 is 7.03. The Labute approximate surface area is 123 Å². The van der Waals surface area contributed by atoms with Crippen molar-refractivity contribution in [3.05, 3.63) is 34.3 Å². The zero-order valence-electron chi connectivity index (χ0n) is 11.8. The number of aryl methyl sites for hydroxylation is 1. The Morgan fingerprint density at radius 2 is 2.25 bits per heavy atom. The smallest absolute Gasteiger partial charge is 0.408 e. The first-order valence-corrected chi connectivity index (χ1v) is 7.90. The van der Waals surface area contributed by atoms with Crippen molar-refractivity contribution in [1.29, 1.82) is 0 Å². The number of hydrogen-bond acceptors (Lipinski definition) is 2. The van der Waals surface area contributed by atoms with Crippen LogP contribution in [-0.2, 0) is 6.54 Å². The van der Waals surface area contributed by atoms with Gasteiger partial charge in [-0.2, -0.15) is 0 Å². The van der Waals surface area contributed by atoms with Crippen LogP contribution in [0.4, 0.5) is 0 Å². The van der Waals surface area contributed by atoms with Crippen LogP contribution in [0.2, 0.25) is 0 Å². The molecule has 1 heterocycles. The van der Waals surface area contributed by atoms with Crippen LogP contribution in [0, 0.1) is 5.92 Å². The minimum Gasteiger partial charge on any atom is -0.408 e. The standard InChI is InChI=1S/C16H20ClNO2/c1-2-8-18-14-7-6-12(10-15(14)20-16(18)19)13(17)9-11-4-3-5-11/h6-7,10-11,13H,2-5,8-9H2,1H3. The molecular formula is C16H20ClNO2. The second-order valence-electron chi connectivity index (χ2n) is 5.75.